The van der Waals surface area contributed by atoms with E-state index in [1.54, 1.807) is 34.4 Å². The van der Waals surface area contributed by atoms with Crippen molar-refractivity contribution in [1.29, 1.82) is 0 Å². The van der Waals surface area contributed by atoms with Crippen LogP contribution in [-0.4, -0.2) is 20.0 Å². The van der Waals surface area contributed by atoms with E-state index in [1.165, 1.54) is 21.7 Å². The van der Waals surface area contributed by atoms with Gasteiger partial charge in [0.05, 0.1) is 17.1 Å². The van der Waals surface area contributed by atoms with Crippen LogP contribution in [0.1, 0.15) is 23.1 Å². The van der Waals surface area contributed by atoms with Crippen LogP contribution in [-0.2, 0) is 24.7 Å². The molecule has 2 aromatic carbocycles. The second kappa shape index (κ2) is 12.6. The Morgan fingerprint density at radius 2 is 1.83 bits per heavy atom. The molecule has 0 saturated heterocycles. The van der Waals surface area contributed by atoms with Gasteiger partial charge in [0.2, 0.25) is 0 Å². The zero-order valence-corrected chi connectivity index (χ0v) is 23.9. The minimum absolute atomic E-state index is 0. The molecule has 11 heteroatoms. The van der Waals surface area contributed by atoms with Crippen LogP contribution < -0.4 is 36.6 Å². The van der Waals surface area contributed by atoms with Gasteiger partial charge in [-0.25, -0.2) is 0 Å². The Bertz CT molecular complexity index is 1570. The molecule has 0 atom stereocenters. The Hall–Kier alpha value is -2.50. The predicted molar refractivity (Wildman–Crippen MR) is 145 cm³/mol. The molecule has 2 aromatic heterocycles. The van der Waals surface area contributed by atoms with Gasteiger partial charge in [-0.2, -0.15) is 13.0 Å². The fourth-order valence-corrected chi connectivity index (χ4v) is 7.17. The zero-order valence-electron chi connectivity index (χ0n) is 19.8. The maximum Gasteiger partial charge on any atom is 0.335 e. The molecule has 1 aliphatic rings. The summed E-state index contributed by atoms with van der Waals surface area (Å²) in [6.07, 6.45) is 4.27. The van der Waals surface area contributed by atoms with Crippen molar-refractivity contribution >= 4 is 62.8 Å². The molecule has 36 heavy (non-hydrogen) atoms. The highest BCUT2D eigenvalue weighted by Crippen LogP contribution is 2.45. The van der Waals surface area contributed by atoms with E-state index in [0.717, 1.165) is 25.8 Å². The molecule has 0 fully saturated rings. The van der Waals surface area contributed by atoms with Crippen molar-refractivity contribution in [3.05, 3.63) is 95.8 Å². The summed E-state index contributed by atoms with van der Waals surface area (Å²) in [5, 5.41) is 4.26. The van der Waals surface area contributed by atoms with E-state index in [4.69, 9.17) is 8.42 Å². The summed E-state index contributed by atoms with van der Waals surface area (Å²) in [5.74, 6) is 0. The molecular weight excluding hydrogens is 554 g/mol. The molecule has 6 nitrogen and oxygen atoms in total. The van der Waals surface area contributed by atoms with Gasteiger partial charge in [0.15, 0.2) is 12.7 Å². The van der Waals surface area contributed by atoms with Crippen LogP contribution >= 0.6 is 34.4 Å². The lowest BCUT2D eigenvalue weighted by molar-refractivity contribution is -0.685. The van der Waals surface area contributed by atoms with Gasteiger partial charge in [-0.1, -0.05) is 59.5 Å². The number of anilines is 1. The lowest BCUT2D eigenvalue weighted by Gasteiger charge is -2.12. The van der Waals surface area contributed by atoms with Crippen molar-refractivity contribution in [2.45, 2.75) is 31.8 Å². The molecule has 0 unspecified atom stereocenters. The normalized spacial score (nSPS) is 14.1. The van der Waals surface area contributed by atoms with E-state index in [1.807, 2.05) is 17.6 Å². The number of halogens is 1. The van der Waals surface area contributed by atoms with Gasteiger partial charge in [-0.15, -0.1) is 11.3 Å². The summed E-state index contributed by atoms with van der Waals surface area (Å²) in [6.45, 7) is 5.61. The summed E-state index contributed by atoms with van der Waals surface area (Å²) < 4.78 is 22.5. The first-order valence-corrected chi connectivity index (χ1v) is 14.0. The molecule has 1 aliphatic heterocycles. The lowest BCUT2D eigenvalue weighted by atomic mass is 10.2. The van der Waals surface area contributed by atoms with E-state index in [2.05, 4.69) is 83.6 Å². The van der Waals surface area contributed by atoms with Crippen LogP contribution in [0.3, 0.4) is 0 Å². The fourth-order valence-electron chi connectivity index (χ4n) is 3.87. The Labute approximate surface area is 231 Å². The van der Waals surface area contributed by atoms with Crippen molar-refractivity contribution in [1.82, 2.24) is 4.57 Å². The number of rotatable bonds is 4. The molecule has 0 amide bonds. The van der Waals surface area contributed by atoms with Crippen molar-refractivity contribution in [2.24, 2.45) is 0 Å². The van der Waals surface area contributed by atoms with E-state index in [0.29, 0.717) is 6.54 Å². The van der Waals surface area contributed by atoms with Gasteiger partial charge < -0.3 is 17.3 Å². The minimum atomic E-state index is -0.750. The Balaban J connectivity index is 0.000000861. The third-order valence-electron chi connectivity index (χ3n) is 5.56. The first-order valence-electron chi connectivity index (χ1n) is 10.9. The molecule has 5 rings (SSSR count). The summed E-state index contributed by atoms with van der Waals surface area (Å²) in [5.41, 5.74) is 3.75. The summed E-state index contributed by atoms with van der Waals surface area (Å²) >= 11 is 4.23. The van der Waals surface area contributed by atoms with Gasteiger partial charge in [-0.3, -0.25) is 9.36 Å². The van der Waals surface area contributed by atoms with Crippen molar-refractivity contribution in [3.63, 3.8) is 0 Å². The molecule has 0 aliphatic carbocycles. The van der Waals surface area contributed by atoms with Crippen LogP contribution in [0.15, 0.2) is 69.8 Å². The Morgan fingerprint density at radius 1 is 1.11 bits per heavy atom. The molecule has 188 valence electrons. The molecule has 0 saturated carbocycles. The molecule has 0 bridgehead atoms. The topological polar surface area (TPSA) is 63.3 Å². The van der Waals surface area contributed by atoms with Crippen molar-refractivity contribution < 1.29 is 25.4 Å². The van der Waals surface area contributed by atoms with Crippen LogP contribution in [0.4, 0.5) is 5.69 Å². The highest BCUT2D eigenvalue weighted by Gasteiger charge is 2.25. The standard InChI is InChI=1S/C25H24N3OS3.ClH.O2S/c1-4-28-22(15-21-27(12-13-30-21)16-18-8-6-5-7-9-18)32-23(24(28)29)25-26(3)19-14-17(2)10-11-20(19)31-25;;1-3-2/h5-15H,4,16H2,1-3H3;1H;/q+1;;/p-1/b25-23+;;. The monoisotopic (exact) mass is 577 g/mol. The number of hydrogen-bond donors (Lipinski definition) is 0. The molecule has 0 radical (unpaired) electrons. The van der Waals surface area contributed by atoms with Crippen molar-refractivity contribution in [2.75, 3.05) is 11.9 Å². The third-order valence-corrected chi connectivity index (χ3v) is 8.90. The number of thioether (sulfide) groups is 1. The largest absolute Gasteiger partial charge is 1.00 e. The lowest BCUT2D eigenvalue weighted by Crippen LogP contribution is -3.00. The molecule has 3 heterocycles. The molecule has 4 aromatic rings. The van der Waals surface area contributed by atoms with Gasteiger partial charge in [0, 0.05) is 24.1 Å². The van der Waals surface area contributed by atoms with Crippen LogP contribution in [0.25, 0.3) is 11.1 Å². The van der Waals surface area contributed by atoms with Crippen LogP contribution in [0.2, 0.25) is 0 Å². The maximum atomic E-state index is 13.4. The smallest absolute Gasteiger partial charge is 0.335 e. The predicted octanol–water partition coefficient (Wildman–Crippen LogP) is 0.106. The first-order chi connectivity index (χ1) is 17.0. The van der Waals surface area contributed by atoms with Gasteiger partial charge in [0.1, 0.15) is 14.2 Å². The highest BCUT2D eigenvalue weighted by atomic mass is 35.5. The van der Waals surface area contributed by atoms with E-state index in [9.17, 15) is 4.79 Å². The Morgan fingerprint density at radius 3 is 2.53 bits per heavy atom. The number of aromatic nitrogens is 2. The fraction of sp³-hybridized carbons (Fsp3) is 0.200. The second-order valence-corrected chi connectivity index (χ2v) is 10.9. The second-order valence-electron chi connectivity index (χ2n) is 7.82. The van der Waals surface area contributed by atoms with Crippen LogP contribution in [0.5, 0.6) is 0 Å². The number of aryl methyl sites for hydroxylation is 1. The molecule has 0 spiro atoms. The maximum absolute atomic E-state index is 13.4. The summed E-state index contributed by atoms with van der Waals surface area (Å²) in [7, 11) is 2.06. The Kier molecular flexibility index (Phi) is 9.86. The number of thiazole rings is 2. The number of benzene rings is 2. The number of fused-ring (bicyclic) bond motifs is 1. The zero-order chi connectivity index (χ0) is 24.9. The highest BCUT2D eigenvalue weighted by molar-refractivity contribution is 8.08. The first kappa shape index (κ1) is 28.1. The van der Waals surface area contributed by atoms with Crippen molar-refractivity contribution in [3.8, 4) is 0 Å². The minimum Gasteiger partial charge on any atom is -1.00 e. The average molecular weight is 578 g/mol. The van der Waals surface area contributed by atoms with E-state index < -0.39 is 11.6 Å². The number of nitrogens with zero attached hydrogens (tertiary/aromatic N) is 3. The SMILES string of the molecule is CCn1c(=O)/c(=C2\Sc3ccc(C)cc3N2C)s/c1=C\c1scc[n+]1Cc1ccccc1.O=S=O.[Cl-]. The third kappa shape index (κ3) is 5.90. The number of hydrogen-bond acceptors (Lipinski definition) is 7. The average Bonchev–Trinajstić information content (AvgIpc) is 3.51. The molecule has 0 N–H and O–H groups in total. The quantitative estimate of drug-likeness (QED) is 0.322. The summed E-state index contributed by atoms with van der Waals surface area (Å²) in [4.78, 5) is 16.7. The van der Waals surface area contributed by atoms with Gasteiger partial charge in [-0.05, 0) is 31.5 Å². The van der Waals surface area contributed by atoms with Crippen LogP contribution in [0, 0.1) is 6.92 Å². The summed E-state index contributed by atoms with van der Waals surface area (Å²) in [6, 6.07) is 16.9. The van der Waals surface area contributed by atoms with E-state index in [-0.39, 0.29) is 18.0 Å². The van der Waals surface area contributed by atoms with Gasteiger partial charge in [0.25, 0.3) is 10.6 Å². The molecular formula is C25H24ClN3O3S4. The van der Waals surface area contributed by atoms with E-state index >= 15 is 0 Å². The van der Waals surface area contributed by atoms with Gasteiger partial charge >= 0.3 is 11.6 Å².